The Bertz CT molecular complexity index is 1370. The molecular weight excluding hydrogens is 468 g/mol. The van der Waals surface area contributed by atoms with Crippen molar-refractivity contribution >= 4 is 22.7 Å². The highest BCUT2D eigenvalue weighted by Gasteiger charge is 2.12. The molecule has 0 aromatic heterocycles. The van der Waals surface area contributed by atoms with Crippen LogP contribution in [0.15, 0.2) is 84.9 Å². The summed E-state index contributed by atoms with van der Waals surface area (Å²) in [5.74, 6) is 0.0189. The molecule has 1 N–H and O–H groups in total. The number of carbonyl (C=O) groups is 2. The Balaban J connectivity index is 1.57. The summed E-state index contributed by atoms with van der Waals surface area (Å²) < 4.78 is 16.5. The smallest absolute Gasteiger partial charge is 0.341 e. The SMILES string of the molecule is CCOC(=O)CCCOc1cccc(-c2ccc(OCC(=O)O)c(Cc3cccc4ccccc34)c2)c1. The maximum Gasteiger partial charge on any atom is 0.341 e. The summed E-state index contributed by atoms with van der Waals surface area (Å²) in [6.45, 7) is 2.18. The second-order valence-electron chi connectivity index (χ2n) is 8.60. The van der Waals surface area contributed by atoms with E-state index in [9.17, 15) is 9.59 Å². The van der Waals surface area contributed by atoms with Crippen LogP contribution in [0.3, 0.4) is 0 Å². The lowest BCUT2D eigenvalue weighted by Crippen LogP contribution is -2.10. The summed E-state index contributed by atoms with van der Waals surface area (Å²) in [6.07, 6.45) is 1.49. The summed E-state index contributed by atoms with van der Waals surface area (Å²) in [6, 6.07) is 27.9. The molecule has 0 amide bonds. The van der Waals surface area contributed by atoms with E-state index in [2.05, 4.69) is 24.3 Å². The molecule has 4 aromatic rings. The maximum absolute atomic E-state index is 11.5. The Morgan fingerprint density at radius 2 is 1.59 bits per heavy atom. The summed E-state index contributed by atoms with van der Waals surface area (Å²) >= 11 is 0. The molecule has 6 heteroatoms. The van der Waals surface area contributed by atoms with Crippen LogP contribution >= 0.6 is 0 Å². The van der Waals surface area contributed by atoms with Crippen LogP contribution < -0.4 is 9.47 Å². The van der Waals surface area contributed by atoms with Gasteiger partial charge in [-0.2, -0.15) is 0 Å². The largest absolute Gasteiger partial charge is 0.494 e. The lowest BCUT2D eigenvalue weighted by atomic mass is 9.95. The van der Waals surface area contributed by atoms with Gasteiger partial charge in [-0.1, -0.05) is 60.7 Å². The zero-order valence-electron chi connectivity index (χ0n) is 20.8. The fraction of sp³-hybridized carbons (Fsp3) is 0.226. The summed E-state index contributed by atoms with van der Waals surface area (Å²) in [5, 5.41) is 11.4. The fourth-order valence-electron chi connectivity index (χ4n) is 4.23. The Hall–Kier alpha value is -4.32. The molecular formula is C31H30O6. The number of benzene rings is 4. The number of ether oxygens (including phenoxy) is 3. The third-order valence-electron chi connectivity index (χ3n) is 5.94. The minimum absolute atomic E-state index is 0.219. The number of carboxylic acids is 1. The molecule has 0 heterocycles. The van der Waals surface area contributed by atoms with Gasteiger partial charge in [0.15, 0.2) is 6.61 Å². The van der Waals surface area contributed by atoms with E-state index in [4.69, 9.17) is 19.3 Å². The van der Waals surface area contributed by atoms with E-state index in [1.807, 2.05) is 60.7 Å². The van der Waals surface area contributed by atoms with Crippen molar-refractivity contribution in [1.82, 2.24) is 0 Å². The van der Waals surface area contributed by atoms with Crippen molar-refractivity contribution in [3.63, 3.8) is 0 Å². The van der Waals surface area contributed by atoms with E-state index in [0.29, 0.717) is 44.0 Å². The molecule has 0 aliphatic carbocycles. The molecule has 4 aromatic carbocycles. The summed E-state index contributed by atoms with van der Waals surface area (Å²) in [5.41, 5.74) is 3.96. The standard InChI is InChI=1S/C31H30O6/c1-2-35-31(34)14-7-17-36-27-12-6-10-23(20-27)24-15-16-29(37-21-30(32)33)26(18-24)19-25-11-5-9-22-8-3-4-13-28(22)25/h3-6,8-13,15-16,18,20H,2,7,14,17,19,21H2,1H3,(H,32,33). The first-order valence-electron chi connectivity index (χ1n) is 12.4. The number of esters is 1. The van der Waals surface area contributed by atoms with Gasteiger partial charge in [-0.25, -0.2) is 4.79 Å². The number of rotatable bonds is 12. The van der Waals surface area contributed by atoms with Crippen LogP contribution in [0.25, 0.3) is 21.9 Å². The topological polar surface area (TPSA) is 82.1 Å². The van der Waals surface area contributed by atoms with E-state index in [0.717, 1.165) is 33.0 Å². The van der Waals surface area contributed by atoms with Gasteiger partial charge < -0.3 is 19.3 Å². The van der Waals surface area contributed by atoms with E-state index in [1.54, 1.807) is 6.92 Å². The van der Waals surface area contributed by atoms with Crippen LogP contribution in [-0.2, 0) is 20.7 Å². The van der Waals surface area contributed by atoms with Gasteiger partial charge in [-0.3, -0.25) is 4.79 Å². The zero-order valence-corrected chi connectivity index (χ0v) is 20.8. The lowest BCUT2D eigenvalue weighted by molar-refractivity contribution is -0.143. The molecule has 4 rings (SSSR count). The van der Waals surface area contributed by atoms with Crippen molar-refractivity contribution < 1.29 is 28.9 Å². The molecule has 0 spiro atoms. The minimum Gasteiger partial charge on any atom is -0.494 e. The average Bonchev–Trinajstić information content (AvgIpc) is 2.91. The number of carbonyl (C=O) groups excluding carboxylic acids is 1. The predicted molar refractivity (Wildman–Crippen MR) is 143 cm³/mol. The van der Waals surface area contributed by atoms with Gasteiger partial charge in [0.05, 0.1) is 13.2 Å². The van der Waals surface area contributed by atoms with Gasteiger partial charge in [-0.05, 0) is 70.6 Å². The number of aliphatic carboxylic acids is 1. The third kappa shape index (κ3) is 7.10. The Labute approximate surface area is 216 Å². The van der Waals surface area contributed by atoms with Gasteiger partial charge in [-0.15, -0.1) is 0 Å². The van der Waals surface area contributed by atoms with Crippen LogP contribution in [-0.4, -0.2) is 36.9 Å². The van der Waals surface area contributed by atoms with Crippen molar-refractivity contribution in [1.29, 1.82) is 0 Å². The molecule has 0 bridgehead atoms. The van der Waals surface area contributed by atoms with E-state index < -0.39 is 12.6 Å². The quantitative estimate of drug-likeness (QED) is 0.183. The fourth-order valence-corrected chi connectivity index (χ4v) is 4.23. The molecule has 0 aliphatic heterocycles. The van der Waals surface area contributed by atoms with Crippen molar-refractivity contribution in [3.05, 3.63) is 96.1 Å². The Kier molecular flexibility index (Phi) is 8.76. The van der Waals surface area contributed by atoms with Gasteiger partial charge >= 0.3 is 11.9 Å². The third-order valence-corrected chi connectivity index (χ3v) is 5.94. The Morgan fingerprint density at radius 3 is 2.43 bits per heavy atom. The van der Waals surface area contributed by atoms with Crippen molar-refractivity contribution in [2.24, 2.45) is 0 Å². The molecule has 0 unspecified atom stereocenters. The molecule has 0 fully saturated rings. The zero-order chi connectivity index (χ0) is 26.0. The van der Waals surface area contributed by atoms with Crippen molar-refractivity contribution in [3.8, 4) is 22.6 Å². The van der Waals surface area contributed by atoms with Crippen LogP contribution in [0.4, 0.5) is 0 Å². The first-order chi connectivity index (χ1) is 18.0. The molecule has 190 valence electrons. The van der Waals surface area contributed by atoms with Crippen molar-refractivity contribution in [2.45, 2.75) is 26.2 Å². The van der Waals surface area contributed by atoms with Crippen LogP contribution in [0, 0.1) is 0 Å². The van der Waals surface area contributed by atoms with Gasteiger partial charge in [0.25, 0.3) is 0 Å². The second kappa shape index (κ2) is 12.6. The monoisotopic (exact) mass is 498 g/mol. The van der Waals surface area contributed by atoms with Crippen molar-refractivity contribution in [2.75, 3.05) is 19.8 Å². The molecule has 0 saturated carbocycles. The normalized spacial score (nSPS) is 10.7. The van der Waals surface area contributed by atoms with Gasteiger partial charge in [0.2, 0.25) is 0 Å². The van der Waals surface area contributed by atoms with E-state index in [-0.39, 0.29) is 5.97 Å². The number of fused-ring (bicyclic) bond motifs is 1. The molecule has 6 nitrogen and oxygen atoms in total. The van der Waals surface area contributed by atoms with E-state index in [1.165, 1.54) is 0 Å². The van der Waals surface area contributed by atoms with Crippen LogP contribution in [0.2, 0.25) is 0 Å². The molecule has 37 heavy (non-hydrogen) atoms. The lowest BCUT2D eigenvalue weighted by Gasteiger charge is -2.14. The van der Waals surface area contributed by atoms with E-state index >= 15 is 0 Å². The second-order valence-corrected chi connectivity index (χ2v) is 8.60. The first kappa shape index (κ1) is 25.8. The minimum atomic E-state index is -1.02. The van der Waals surface area contributed by atoms with Gasteiger partial charge in [0.1, 0.15) is 11.5 Å². The summed E-state index contributed by atoms with van der Waals surface area (Å²) in [4.78, 5) is 22.7. The highest BCUT2D eigenvalue weighted by molar-refractivity contribution is 5.86. The number of hydrogen-bond acceptors (Lipinski definition) is 5. The number of hydrogen-bond donors (Lipinski definition) is 1. The van der Waals surface area contributed by atoms with Gasteiger partial charge in [0, 0.05) is 12.8 Å². The molecule has 0 radical (unpaired) electrons. The summed E-state index contributed by atoms with van der Waals surface area (Å²) in [7, 11) is 0. The van der Waals surface area contributed by atoms with Crippen LogP contribution in [0.1, 0.15) is 30.9 Å². The molecule has 0 atom stereocenters. The number of carboxylic acid groups (broad SMARTS) is 1. The maximum atomic E-state index is 11.5. The Morgan fingerprint density at radius 1 is 0.811 bits per heavy atom. The molecule has 0 saturated heterocycles. The first-order valence-corrected chi connectivity index (χ1v) is 12.4. The molecule has 0 aliphatic rings. The average molecular weight is 499 g/mol. The predicted octanol–water partition coefficient (Wildman–Crippen LogP) is 6.28. The highest BCUT2D eigenvalue weighted by atomic mass is 16.5. The highest BCUT2D eigenvalue weighted by Crippen LogP contribution is 2.32. The van der Waals surface area contributed by atoms with Crippen LogP contribution in [0.5, 0.6) is 11.5 Å².